The molecule has 1 saturated carbocycles. The van der Waals surface area contributed by atoms with Crippen LogP contribution in [-0.2, 0) is 4.74 Å². The largest absolute Gasteiger partial charge is 0.378 e. The lowest BCUT2D eigenvalue weighted by Gasteiger charge is -2.22. The number of nitrogens with one attached hydrogen (secondary N) is 1. The molecule has 1 saturated heterocycles. The number of hydrogen-bond donors (Lipinski definition) is 1. The molecule has 0 aromatic rings. The topological polar surface area (TPSA) is 21.3 Å². The zero-order valence-electron chi connectivity index (χ0n) is 10.9. The van der Waals surface area contributed by atoms with Crippen LogP contribution in [0.2, 0.25) is 0 Å². The summed E-state index contributed by atoms with van der Waals surface area (Å²) >= 11 is 0. The molecule has 1 aliphatic carbocycles. The molecule has 0 aromatic heterocycles. The summed E-state index contributed by atoms with van der Waals surface area (Å²) in [5.41, 5.74) is 0. The first-order valence-corrected chi connectivity index (χ1v) is 7.16. The second-order valence-corrected chi connectivity index (χ2v) is 5.57. The van der Waals surface area contributed by atoms with E-state index in [4.69, 9.17) is 4.74 Å². The summed E-state index contributed by atoms with van der Waals surface area (Å²) in [5.74, 6) is 1.80. The Labute approximate surface area is 100 Å². The maximum Gasteiger partial charge on any atom is 0.0576 e. The molecule has 2 fully saturated rings. The van der Waals surface area contributed by atoms with E-state index in [9.17, 15) is 0 Å². The van der Waals surface area contributed by atoms with Gasteiger partial charge in [-0.3, -0.25) is 0 Å². The van der Waals surface area contributed by atoms with Gasteiger partial charge in [0.2, 0.25) is 0 Å². The Balaban J connectivity index is 1.69. The average Bonchev–Trinajstić information content (AvgIpc) is 2.89. The lowest BCUT2D eigenvalue weighted by atomic mass is 9.90. The predicted molar refractivity (Wildman–Crippen MR) is 67.6 cm³/mol. The van der Waals surface area contributed by atoms with Crippen molar-refractivity contribution in [3.8, 4) is 0 Å². The van der Waals surface area contributed by atoms with Crippen LogP contribution in [-0.4, -0.2) is 25.3 Å². The molecule has 1 aliphatic heterocycles. The molecule has 2 nitrogen and oxygen atoms in total. The Morgan fingerprint density at radius 3 is 2.75 bits per heavy atom. The van der Waals surface area contributed by atoms with Crippen molar-refractivity contribution in [2.45, 2.75) is 64.5 Å². The molecule has 0 amide bonds. The fourth-order valence-corrected chi connectivity index (χ4v) is 3.48. The summed E-state index contributed by atoms with van der Waals surface area (Å²) in [6.45, 7) is 6.77. The predicted octanol–water partition coefficient (Wildman–Crippen LogP) is 2.97. The molecule has 0 bridgehead atoms. The van der Waals surface area contributed by atoms with Gasteiger partial charge in [0.25, 0.3) is 0 Å². The zero-order valence-corrected chi connectivity index (χ0v) is 10.9. The van der Waals surface area contributed by atoms with Crippen molar-refractivity contribution < 1.29 is 4.74 Å². The summed E-state index contributed by atoms with van der Waals surface area (Å²) in [4.78, 5) is 0. The van der Waals surface area contributed by atoms with Gasteiger partial charge in [-0.25, -0.2) is 0 Å². The Kier molecular flexibility index (Phi) is 4.66. The van der Waals surface area contributed by atoms with Gasteiger partial charge >= 0.3 is 0 Å². The Morgan fingerprint density at radius 2 is 2.06 bits per heavy atom. The highest BCUT2D eigenvalue weighted by molar-refractivity contribution is 4.87. The van der Waals surface area contributed by atoms with Crippen LogP contribution in [0.15, 0.2) is 0 Å². The molecule has 4 atom stereocenters. The molecule has 0 spiro atoms. The van der Waals surface area contributed by atoms with E-state index < -0.39 is 0 Å². The highest BCUT2D eigenvalue weighted by Crippen LogP contribution is 2.36. The summed E-state index contributed by atoms with van der Waals surface area (Å²) in [6, 6.07) is 0.777. The number of rotatable bonds is 5. The van der Waals surface area contributed by atoms with Gasteiger partial charge in [0.05, 0.1) is 6.10 Å². The number of ether oxygens (including phenoxy) is 1. The quantitative estimate of drug-likeness (QED) is 0.776. The van der Waals surface area contributed by atoms with Gasteiger partial charge in [0.1, 0.15) is 0 Å². The molecule has 0 aromatic carbocycles. The minimum atomic E-state index is 0.588. The molecule has 94 valence electrons. The molecule has 16 heavy (non-hydrogen) atoms. The lowest BCUT2D eigenvalue weighted by Crippen LogP contribution is -2.32. The first-order chi connectivity index (χ1) is 7.81. The van der Waals surface area contributed by atoms with Crippen LogP contribution in [0.3, 0.4) is 0 Å². The number of hydrogen-bond acceptors (Lipinski definition) is 2. The Morgan fingerprint density at radius 1 is 1.19 bits per heavy atom. The van der Waals surface area contributed by atoms with Crippen molar-refractivity contribution in [2.24, 2.45) is 11.8 Å². The van der Waals surface area contributed by atoms with Crippen LogP contribution < -0.4 is 5.32 Å². The normalized spacial score (nSPS) is 39.4. The van der Waals surface area contributed by atoms with Crippen molar-refractivity contribution in [3.05, 3.63) is 0 Å². The van der Waals surface area contributed by atoms with Crippen LogP contribution in [0.4, 0.5) is 0 Å². The van der Waals surface area contributed by atoms with Gasteiger partial charge in [-0.1, -0.05) is 13.8 Å². The maximum atomic E-state index is 5.71. The molecule has 4 unspecified atom stereocenters. The summed E-state index contributed by atoms with van der Waals surface area (Å²) < 4.78 is 5.71. The van der Waals surface area contributed by atoms with Crippen LogP contribution >= 0.6 is 0 Å². The second-order valence-electron chi connectivity index (χ2n) is 5.57. The summed E-state index contributed by atoms with van der Waals surface area (Å²) in [5, 5.41) is 3.62. The minimum absolute atomic E-state index is 0.588. The van der Waals surface area contributed by atoms with E-state index in [2.05, 4.69) is 19.2 Å². The highest BCUT2D eigenvalue weighted by Gasteiger charge is 2.32. The van der Waals surface area contributed by atoms with Gasteiger partial charge in [0, 0.05) is 12.6 Å². The smallest absolute Gasteiger partial charge is 0.0576 e. The van der Waals surface area contributed by atoms with E-state index in [1.54, 1.807) is 0 Å². The third-order valence-corrected chi connectivity index (χ3v) is 4.58. The third-order valence-electron chi connectivity index (χ3n) is 4.58. The highest BCUT2D eigenvalue weighted by atomic mass is 16.5. The van der Waals surface area contributed by atoms with Gasteiger partial charge < -0.3 is 10.1 Å². The average molecular weight is 225 g/mol. The van der Waals surface area contributed by atoms with Crippen molar-refractivity contribution in [1.82, 2.24) is 5.32 Å². The Bertz CT molecular complexity index is 201. The van der Waals surface area contributed by atoms with Crippen LogP contribution in [0.5, 0.6) is 0 Å². The van der Waals surface area contributed by atoms with Gasteiger partial charge in [0.15, 0.2) is 0 Å². The van der Waals surface area contributed by atoms with E-state index in [1.807, 2.05) is 0 Å². The first kappa shape index (κ1) is 12.4. The fourth-order valence-electron chi connectivity index (χ4n) is 3.48. The molecule has 2 aliphatic rings. The molecule has 1 heterocycles. The van der Waals surface area contributed by atoms with E-state index in [0.717, 1.165) is 31.0 Å². The van der Waals surface area contributed by atoms with Crippen molar-refractivity contribution in [2.75, 3.05) is 13.2 Å². The fraction of sp³-hybridized carbons (Fsp3) is 1.00. The van der Waals surface area contributed by atoms with Gasteiger partial charge in [-0.15, -0.1) is 0 Å². The standard InChI is InChI=1S/C14H27NO/c1-3-15-14-9-7-12(11(14)2)6-8-13-5-4-10-16-13/h11-15H,3-10H2,1-2H3. The molecule has 0 radical (unpaired) electrons. The molecular formula is C14H27NO. The minimum Gasteiger partial charge on any atom is -0.378 e. The second kappa shape index (κ2) is 6.02. The van der Waals surface area contributed by atoms with E-state index >= 15 is 0 Å². The van der Waals surface area contributed by atoms with Crippen LogP contribution in [0.25, 0.3) is 0 Å². The van der Waals surface area contributed by atoms with Crippen LogP contribution in [0.1, 0.15) is 52.4 Å². The maximum absolute atomic E-state index is 5.71. The van der Waals surface area contributed by atoms with Crippen molar-refractivity contribution in [3.63, 3.8) is 0 Å². The van der Waals surface area contributed by atoms with E-state index in [0.29, 0.717) is 6.10 Å². The SMILES string of the molecule is CCNC1CCC(CCC2CCCO2)C1C. The third kappa shape index (κ3) is 2.98. The van der Waals surface area contributed by atoms with Crippen molar-refractivity contribution in [1.29, 1.82) is 0 Å². The summed E-state index contributed by atoms with van der Waals surface area (Å²) in [7, 11) is 0. The Hall–Kier alpha value is -0.0800. The van der Waals surface area contributed by atoms with Gasteiger partial charge in [-0.2, -0.15) is 0 Å². The van der Waals surface area contributed by atoms with Crippen molar-refractivity contribution >= 4 is 0 Å². The van der Waals surface area contributed by atoms with E-state index in [1.165, 1.54) is 38.5 Å². The lowest BCUT2D eigenvalue weighted by molar-refractivity contribution is 0.0960. The monoisotopic (exact) mass is 225 g/mol. The van der Waals surface area contributed by atoms with Crippen LogP contribution in [0, 0.1) is 11.8 Å². The van der Waals surface area contributed by atoms with E-state index in [-0.39, 0.29) is 0 Å². The summed E-state index contributed by atoms with van der Waals surface area (Å²) in [6.07, 6.45) is 8.66. The zero-order chi connectivity index (χ0) is 11.4. The van der Waals surface area contributed by atoms with Gasteiger partial charge in [-0.05, 0) is 56.9 Å². The molecule has 2 heteroatoms. The first-order valence-electron chi connectivity index (χ1n) is 7.16. The molecular weight excluding hydrogens is 198 g/mol. The molecule has 2 rings (SSSR count). The molecule has 1 N–H and O–H groups in total.